The van der Waals surface area contributed by atoms with Crippen molar-refractivity contribution in [2.75, 3.05) is 12.9 Å². The Labute approximate surface area is 219 Å². The topological polar surface area (TPSA) is 97.4 Å². The Morgan fingerprint density at radius 2 is 1.03 bits per heavy atom. The van der Waals surface area contributed by atoms with E-state index in [9.17, 15) is 14.4 Å². The lowest BCUT2D eigenvalue weighted by Gasteiger charge is -2.43. The zero-order valence-electron chi connectivity index (χ0n) is 20.0. The van der Waals surface area contributed by atoms with Crippen LogP contribution in [0.25, 0.3) is 0 Å². The molecule has 3 aromatic carbocycles. The summed E-state index contributed by atoms with van der Waals surface area (Å²) in [5.74, 6) is -1.94. The van der Waals surface area contributed by atoms with Gasteiger partial charge in [0, 0.05) is 12.9 Å². The summed E-state index contributed by atoms with van der Waals surface area (Å²) >= 11 is 4.35. The molecule has 0 spiro atoms. The molecule has 1 aliphatic heterocycles. The molecule has 0 unspecified atom stereocenters. The molecule has 8 nitrogen and oxygen atoms in total. The molecular formula is C28H26O8S. The van der Waals surface area contributed by atoms with Crippen LogP contribution in [-0.2, 0) is 23.7 Å². The summed E-state index contributed by atoms with van der Waals surface area (Å²) in [5, 5.41) is 0. The predicted molar refractivity (Wildman–Crippen MR) is 136 cm³/mol. The van der Waals surface area contributed by atoms with Crippen LogP contribution in [0.1, 0.15) is 31.1 Å². The molecule has 0 N–H and O–H groups in total. The van der Waals surface area contributed by atoms with Gasteiger partial charge in [-0.1, -0.05) is 54.6 Å². The van der Waals surface area contributed by atoms with Gasteiger partial charge in [0.25, 0.3) is 0 Å². The second kappa shape index (κ2) is 12.5. The minimum Gasteiger partial charge on any atom is -0.452 e. The van der Waals surface area contributed by atoms with Gasteiger partial charge in [-0.25, -0.2) is 14.4 Å². The van der Waals surface area contributed by atoms with Gasteiger partial charge in [-0.3, -0.25) is 0 Å². The van der Waals surface area contributed by atoms with E-state index in [2.05, 4.69) is 12.6 Å². The van der Waals surface area contributed by atoms with Crippen LogP contribution in [-0.4, -0.2) is 61.5 Å². The Balaban J connectivity index is 1.69. The highest BCUT2D eigenvalue weighted by atomic mass is 32.1. The van der Waals surface area contributed by atoms with Gasteiger partial charge in [0.05, 0.1) is 16.7 Å². The zero-order valence-corrected chi connectivity index (χ0v) is 20.9. The van der Waals surface area contributed by atoms with E-state index in [1.165, 1.54) is 7.11 Å². The van der Waals surface area contributed by atoms with Crippen LogP contribution in [0.3, 0.4) is 0 Å². The first-order valence-electron chi connectivity index (χ1n) is 11.6. The fraction of sp³-hybridized carbons (Fsp3) is 0.250. The first kappa shape index (κ1) is 26.4. The number of rotatable bonds is 8. The van der Waals surface area contributed by atoms with Gasteiger partial charge < -0.3 is 23.7 Å². The predicted octanol–water partition coefficient (Wildman–Crippen LogP) is 3.96. The van der Waals surface area contributed by atoms with Crippen molar-refractivity contribution >= 4 is 30.5 Å². The molecule has 1 aliphatic rings. The minimum absolute atomic E-state index is 0.103. The van der Waals surface area contributed by atoms with Crippen LogP contribution in [0.4, 0.5) is 0 Å². The van der Waals surface area contributed by atoms with Crippen molar-refractivity contribution in [3.8, 4) is 0 Å². The van der Waals surface area contributed by atoms with Crippen molar-refractivity contribution in [3.05, 3.63) is 108 Å². The number of ether oxygens (including phenoxy) is 5. The van der Waals surface area contributed by atoms with Crippen LogP contribution in [0.15, 0.2) is 91.0 Å². The molecule has 37 heavy (non-hydrogen) atoms. The first-order valence-corrected chi connectivity index (χ1v) is 12.2. The van der Waals surface area contributed by atoms with Crippen LogP contribution in [0.5, 0.6) is 0 Å². The quantitative estimate of drug-likeness (QED) is 0.270. The Kier molecular flexibility index (Phi) is 8.95. The Bertz CT molecular complexity index is 1120. The average molecular weight is 523 g/mol. The van der Waals surface area contributed by atoms with E-state index in [-0.39, 0.29) is 16.9 Å². The second-order valence-corrected chi connectivity index (χ2v) is 8.53. The molecule has 4 rings (SSSR count). The van der Waals surface area contributed by atoms with Crippen LogP contribution < -0.4 is 0 Å². The molecule has 0 aliphatic carbocycles. The monoisotopic (exact) mass is 522 g/mol. The maximum atomic E-state index is 13.1. The summed E-state index contributed by atoms with van der Waals surface area (Å²) < 4.78 is 28.8. The van der Waals surface area contributed by atoms with E-state index >= 15 is 0 Å². The number of benzene rings is 3. The highest BCUT2D eigenvalue weighted by Crippen LogP contribution is 2.31. The van der Waals surface area contributed by atoms with E-state index in [0.717, 1.165) is 0 Å². The summed E-state index contributed by atoms with van der Waals surface area (Å²) in [6, 6.07) is 25.0. The third-order valence-electron chi connectivity index (χ3n) is 5.76. The van der Waals surface area contributed by atoms with Gasteiger partial charge in [0.1, 0.15) is 6.10 Å². The lowest BCUT2D eigenvalue weighted by atomic mass is 9.98. The number of methoxy groups -OCH3 is 1. The van der Waals surface area contributed by atoms with Crippen LogP contribution in [0, 0.1) is 0 Å². The lowest BCUT2D eigenvalue weighted by molar-refractivity contribution is -0.282. The number of esters is 3. The van der Waals surface area contributed by atoms with Gasteiger partial charge in [-0.2, -0.15) is 12.6 Å². The maximum absolute atomic E-state index is 13.1. The highest BCUT2D eigenvalue weighted by Gasteiger charge is 2.52. The van der Waals surface area contributed by atoms with Crippen LogP contribution in [0.2, 0.25) is 0 Å². The van der Waals surface area contributed by atoms with E-state index in [1.54, 1.807) is 91.0 Å². The number of carbonyl (C=O) groups excluding carboxylic acids is 3. The molecule has 9 heteroatoms. The molecule has 1 heterocycles. The van der Waals surface area contributed by atoms with Crippen molar-refractivity contribution in [1.82, 2.24) is 0 Å². The summed E-state index contributed by atoms with van der Waals surface area (Å²) in [6.45, 7) is 0. The second-order valence-electron chi connectivity index (χ2n) is 8.17. The fourth-order valence-electron chi connectivity index (χ4n) is 3.91. The number of thiol groups is 1. The molecule has 0 radical (unpaired) electrons. The van der Waals surface area contributed by atoms with E-state index < -0.39 is 48.6 Å². The SMILES string of the molecule is CO[C@H]1O[C@H](CS)[C@@H](OC(=O)c2ccccc2)[C@H](OC(=O)c2ccccc2)[C@H]1OC(=O)c1ccccc1. The summed E-state index contributed by atoms with van der Waals surface area (Å²) in [7, 11) is 1.37. The Morgan fingerprint density at radius 1 is 0.649 bits per heavy atom. The first-order chi connectivity index (χ1) is 18.0. The molecular weight excluding hydrogens is 496 g/mol. The van der Waals surface area contributed by atoms with Crippen LogP contribution >= 0.6 is 12.6 Å². The van der Waals surface area contributed by atoms with E-state index in [4.69, 9.17) is 23.7 Å². The maximum Gasteiger partial charge on any atom is 0.338 e. The van der Waals surface area contributed by atoms with Gasteiger partial charge in [-0.15, -0.1) is 0 Å². The smallest absolute Gasteiger partial charge is 0.338 e. The molecule has 192 valence electrons. The minimum atomic E-state index is -1.26. The number of carbonyl (C=O) groups is 3. The molecule has 5 atom stereocenters. The van der Waals surface area contributed by atoms with Gasteiger partial charge in [0.15, 0.2) is 24.6 Å². The van der Waals surface area contributed by atoms with Crippen molar-refractivity contribution in [1.29, 1.82) is 0 Å². The number of hydrogen-bond donors (Lipinski definition) is 1. The van der Waals surface area contributed by atoms with E-state index in [1.807, 2.05) is 0 Å². The largest absolute Gasteiger partial charge is 0.452 e. The normalized spacial score (nSPS) is 23.0. The lowest BCUT2D eigenvalue weighted by Crippen LogP contribution is -2.62. The van der Waals surface area contributed by atoms with Crippen molar-refractivity contribution in [2.24, 2.45) is 0 Å². The molecule has 0 amide bonds. The summed E-state index contributed by atoms with van der Waals surface area (Å²) in [6.07, 6.45) is -5.62. The van der Waals surface area contributed by atoms with Crippen molar-refractivity contribution < 1.29 is 38.1 Å². The average Bonchev–Trinajstić information content (AvgIpc) is 2.95. The standard InChI is InChI=1S/C28H26O8S/c1-32-28-24(36-27(31)20-15-9-4-10-16-20)23(35-26(30)19-13-7-3-8-14-19)22(21(17-37)33-28)34-25(29)18-11-5-2-6-12-18/h2-16,21-24,28,37H,17H2,1H3/t21-,22-,23+,24-,28+/m1/s1. The Morgan fingerprint density at radius 3 is 1.41 bits per heavy atom. The van der Waals surface area contributed by atoms with Crippen molar-refractivity contribution in [3.63, 3.8) is 0 Å². The third-order valence-corrected chi connectivity index (χ3v) is 6.12. The highest BCUT2D eigenvalue weighted by molar-refractivity contribution is 7.80. The fourth-order valence-corrected chi connectivity index (χ4v) is 4.21. The molecule has 0 aromatic heterocycles. The molecule has 1 saturated heterocycles. The number of hydrogen-bond acceptors (Lipinski definition) is 9. The molecule has 3 aromatic rings. The third kappa shape index (κ3) is 6.37. The van der Waals surface area contributed by atoms with Gasteiger partial charge in [-0.05, 0) is 36.4 Å². The van der Waals surface area contributed by atoms with Gasteiger partial charge in [0.2, 0.25) is 0 Å². The summed E-state index contributed by atoms with van der Waals surface area (Å²) in [5.41, 5.74) is 0.839. The zero-order chi connectivity index (χ0) is 26.2. The van der Waals surface area contributed by atoms with Crippen molar-refractivity contribution in [2.45, 2.75) is 30.7 Å². The molecule has 0 saturated carbocycles. The Hall–Kier alpha value is -3.66. The molecule has 1 fully saturated rings. The summed E-state index contributed by atoms with van der Waals surface area (Å²) in [4.78, 5) is 39.1. The molecule has 0 bridgehead atoms. The van der Waals surface area contributed by atoms with Gasteiger partial charge >= 0.3 is 17.9 Å². The van der Waals surface area contributed by atoms with E-state index in [0.29, 0.717) is 5.56 Å².